The van der Waals surface area contributed by atoms with E-state index in [4.69, 9.17) is 4.52 Å². The summed E-state index contributed by atoms with van der Waals surface area (Å²) in [6, 6.07) is 17.6. The van der Waals surface area contributed by atoms with Gasteiger partial charge in [-0.25, -0.2) is 0 Å². The van der Waals surface area contributed by atoms with Crippen molar-refractivity contribution in [2.75, 3.05) is 25.0 Å². The van der Waals surface area contributed by atoms with Crippen molar-refractivity contribution in [2.45, 2.75) is 6.42 Å². The molecule has 23 heavy (non-hydrogen) atoms. The van der Waals surface area contributed by atoms with Gasteiger partial charge in [0.25, 0.3) is 0 Å². The molecule has 2 aromatic carbocycles. The fourth-order valence-corrected chi connectivity index (χ4v) is 2.45. The maximum Gasteiger partial charge on any atom is 0.226 e. The molecule has 5 nitrogen and oxygen atoms in total. The molecule has 1 amide bonds. The molecule has 0 radical (unpaired) electrons. The zero-order valence-corrected chi connectivity index (χ0v) is 13.0. The predicted octanol–water partition coefficient (Wildman–Crippen LogP) is 2.62. The SMILES string of the molecule is CN(CCNC(=O)Cc1noc2ccccc12)c1ccccc1. The molecule has 1 aromatic heterocycles. The number of amides is 1. The average Bonchev–Trinajstić information content (AvgIpc) is 2.99. The number of aromatic nitrogens is 1. The van der Waals surface area contributed by atoms with Crippen LogP contribution in [0.4, 0.5) is 5.69 Å². The van der Waals surface area contributed by atoms with Gasteiger partial charge in [0, 0.05) is 31.2 Å². The molecule has 3 aromatic rings. The first-order chi connectivity index (χ1) is 11.2. The molecule has 0 unspecified atom stereocenters. The third-order valence-electron chi connectivity index (χ3n) is 3.75. The van der Waals surface area contributed by atoms with Crippen LogP contribution in [0.15, 0.2) is 59.1 Å². The first-order valence-electron chi connectivity index (χ1n) is 7.60. The lowest BCUT2D eigenvalue weighted by Gasteiger charge is -2.19. The number of nitrogens with zero attached hydrogens (tertiary/aromatic N) is 2. The van der Waals surface area contributed by atoms with Gasteiger partial charge in [0.15, 0.2) is 5.58 Å². The first kappa shape index (κ1) is 15.1. The minimum absolute atomic E-state index is 0.0504. The Morgan fingerprint density at radius 3 is 2.70 bits per heavy atom. The number of carbonyl (C=O) groups is 1. The first-order valence-corrected chi connectivity index (χ1v) is 7.60. The molecule has 1 N–H and O–H groups in total. The van der Waals surface area contributed by atoms with Crippen LogP contribution in [0.5, 0.6) is 0 Å². The number of hydrogen-bond donors (Lipinski definition) is 1. The van der Waals surface area contributed by atoms with Crippen LogP contribution in [0.2, 0.25) is 0 Å². The third-order valence-corrected chi connectivity index (χ3v) is 3.75. The van der Waals surface area contributed by atoms with E-state index in [2.05, 4.69) is 15.4 Å². The zero-order chi connectivity index (χ0) is 16.1. The predicted molar refractivity (Wildman–Crippen MR) is 90.4 cm³/mol. The van der Waals surface area contributed by atoms with Crippen LogP contribution in [0.1, 0.15) is 5.69 Å². The second kappa shape index (κ2) is 6.96. The number of rotatable bonds is 6. The standard InChI is InChI=1S/C18H19N3O2/c1-21(14-7-3-2-4-8-14)12-11-19-18(22)13-16-15-9-5-6-10-17(15)23-20-16/h2-10H,11-13H2,1H3,(H,19,22). The maximum absolute atomic E-state index is 12.1. The van der Waals surface area contributed by atoms with Gasteiger partial charge in [-0.3, -0.25) is 4.79 Å². The molecule has 0 saturated carbocycles. The highest BCUT2D eigenvalue weighted by molar-refractivity contribution is 5.86. The fraction of sp³-hybridized carbons (Fsp3) is 0.222. The van der Waals surface area contributed by atoms with Crippen LogP contribution in [-0.4, -0.2) is 31.2 Å². The van der Waals surface area contributed by atoms with Crippen LogP contribution >= 0.6 is 0 Å². The molecule has 118 valence electrons. The summed E-state index contributed by atoms with van der Waals surface area (Å²) < 4.78 is 5.21. The van der Waals surface area contributed by atoms with E-state index in [1.807, 2.05) is 61.6 Å². The Hall–Kier alpha value is -2.82. The molecule has 0 bridgehead atoms. The molecule has 0 aliphatic rings. The molecule has 1 heterocycles. The molecule has 0 fully saturated rings. The normalized spacial score (nSPS) is 10.7. The molecule has 3 rings (SSSR count). The molecule has 0 aliphatic carbocycles. The number of hydrogen-bond acceptors (Lipinski definition) is 4. The number of benzene rings is 2. The summed E-state index contributed by atoms with van der Waals surface area (Å²) in [6.45, 7) is 1.33. The van der Waals surface area contributed by atoms with Crippen molar-refractivity contribution < 1.29 is 9.32 Å². The van der Waals surface area contributed by atoms with Crippen molar-refractivity contribution in [1.82, 2.24) is 10.5 Å². The zero-order valence-electron chi connectivity index (χ0n) is 13.0. The monoisotopic (exact) mass is 309 g/mol. The Kier molecular flexibility index (Phi) is 4.57. The van der Waals surface area contributed by atoms with E-state index in [1.165, 1.54) is 0 Å². The number of para-hydroxylation sites is 2. The topological polar surface area (TPSA) is 58.4 Å². The second-order valence-electron chi connectivity index (χ2n) is 5.41. The molecule has 0 spiro atoms. The van der Waals surface area contributed by atoms with Gasteiger partial charge < -0.3 is 14.7 Å². The quantitative estimate of drug-likeness (QED) is 0.760. The summed E-state index contributed by atoms with van der Waals surface area (Å²) in [5.74, 6) is -0.0504. The molecule has 0 saturated heterocycles. The van der Waals surface area contributed by atoms with Crippen molar-refractivity contribution in [2.24, 2.45) is 0 Å². The van der Waals surface area contributed by atoms with Gasteiger partial charge in [-0.2, -0.15) is 0 Å². The number of anilines is 1. The molecule has 0 aliphatic heterocycles. The van der Waals surface area contributed by atoms with Crippen molar-refractivity contribution in [1.29, 1.82) is 0 Å². The highest BCUT2D eigenvalue weighted by atomic mass is 16.5. The maximum atomic E-state index is 12.1. The van der Waals surface area contributed by atoms with Crippen LogP contribution in [0.25, 0.3) is 11.0 Å². The number of fused-ring (bicyclic) bond motifs is 1. The lowest BCUT2D eigenvalue weighted by atomic mass is 10.1. The van der Waals surface area contributed by atoms with Crippen molar-refractivity contribution in [3.63, 3.8) is 0 Å². The Bertz CT molecular complexity index is 783. The highest BCUT2D eigenvalue weighted by Gasteiger charge is 2.11. The van der Waals surface area contributed by atoms with Crippen LogP contribution < -0.4 is 10.2 Å². The molecular formula is C18H19N3O2. The number of carbonyl (C=O) groups excluding carboxylic acids is 1. The van der Waals surface area contributed by atoms with E-state index >= 15 is 0 Å². The molecular weight excluding hydrogens is 290 g/mol. The summed E-state index contributed by atoms with van der Waals surface area (Å²) in [7, 11) is 2.01. The summed E-state index contributed by atoms with van der Waals surface area (Å²) in [5, 5.41) is 7.80. The Morgan fingerprint density at radius 2 is 1.87 bits per heavy atom. The van der Waals surface area contributed by atoms with E-state index in [0.29, 0.717) is 17.8 Å². The summed E-state index contributed by atoms with van der Waals surface area (Å²) in [6.07, 6.45) is 0.228. The minimum atomic E-state index is -0.0504. The van der Waals surface area contributed by atoms with E-state index in [-0.39, 0.29) is 12.3 Å². The van der Waals surface area contributed by atoms with Crippen LogP contribution in [0.3, 0.4) is 0 Å². The third kappa shape index (κ3) is 3.69. The summed E-state index contributed by atoms with van der Waals surface area (Å²) in [5.41, 5.74) is 2.51. The molecule has 5 heteroatoms. The number of nitrogens with one attached hydrogen (secondary N) is 1. The molecule has 0 atom stereocenters. The summed E-state index contributed by atoms with van der Waals surface area (Å²) in [4.78, 5) is 14.2. The lowest BCUT2D eigenvalue weighted by molar-refractivity contribution is -0.120. The summed E-state index contributed by atoms with van der Waals surface area (Å²) >= 11 is 0. The minimum Gasteiger partial charge on any atom is -0.373 e. The smallest absolute Gasteiger partial charge is 0.226 e. The van der Waals surface area contributed by atoms with E-state index in [9.17, 15) is 4.79 Å². The van der Waals surface area contributed by atoms with Crippen molar-refractivity contribution in [3.05, 3.63) is 60.3 Å². The Morgan fingerprint density at radius 1 is 1.13 bits per heavy atom. The van der Waals surface area contributed by atoms with E-state index < -0.39 is 0 Å². The van der Waals surface area contributed by atoms with Gasteiger partial charge >= 0.3 is 0 Å². The Balaban J connectivity index is 1.50. The van der Waals surface area contributed by atoms with Crippen molar-refractivity contribution >= 4 is 22.6 Å². The van der Waals surface area contributed by atoms with Crippen LogP contribution in [-0.2, 0) is 11.2 Å². The highest BCUT2D eigenvalue weighted by Crippen LogP contribution is 2.17. The Labute approximate surface area is 134 Å². The van der Waals surface area contributed by atoms with Gasteiger partial charge in [0.05, 0.1) is 6.42 Å². The average molecular weight is 309 g/mol. The van der Waals surface area contributed by atoms with Gasteiger partial charge in [0.1, 0.15) is 5.69 Å². The van der Waals surface area contributed by atoms with Gasteiger partial charge in [-0.15, -0.1) is 0 Å². The van der Waals surface area contributed by atoms with Gasteiger partial charge in [-0.1, -0.05) is 35.5 Å². The lowest BCUT2D eigenvalue weighted by Crippen LogP contribution is -2.33. The van der Waals surface area contributed by atoms with Crippen molar-refractivity contribution in [3.8, 4) is 0 Å². The van der Waals surface area contributed by atoms with Crippen LogP contribution in [0, 0.1) is 0 Å². The van der Waals surface area contributed by atoms with E-state index in [0.717, 1.165) is 17.6 Å². The second-order valence-corrected chi connectivity index (χ2v) is 5.41. The van der Waals surface area contributed by atoms with Gasteiger partial charge in [-0.05, 0) is 24.3 Å². The fourth-order valence-electron chi connectivity index (χ4n) is 2.45. The van der Waals surface area contributed by atoms with Gasteiger partial charge in [0.2, 0.25) is 5.91 Å². The number of likely N-dealkylation sites (N-methyl/N-ethyl adjacent to an activating group) is 1. The van der Waals surface area contributed by atoms with E-state index in [1.54, 1.807) is 0 Å². The largest absolute Gasteiger partial charge is 0.373 e.